The summed E-state index contributed by atoms with van der Waals surface area (Å²) in [6.45, 7) is 14.7. The van der Waals surface area contributed by atoms with Gasteiger partial charge in [0, 0.05) is 39.8 Å². The number of hydrogen-bond acceptors (Lipinski definition) is 7. The number of hydrogen-bond donors (Lipinski definition) is 0. The van der Waals surface area contributed by atoms with Crippen LogP contribution in [0.4, 0.5) is 0 Å². The lowest BCUT2D eigenvalue weighted by Crippen LogP contribution is -2.39. The van der Waals surface area contributed by atoms with Gasteiger partial charge in [-0.25, -0.2) is 8.42 Å². The van der Waals surface area contributed by atoms with Crippen molar-refractivity contribution >= 4 is 48.1 Å². The monoisotopic (exact) mass is 701 g/mol. The zero-order valence-electron chi connectivity index (χ0n) is 26.2. The molecule has 8 nitrogen and oxygen atoms in total. The Morgan fingerprint density at radius 1 is 0.905 bits per heavy atom. The Morgan fingerprint density at radius 3 is 1.98 bits per heavy atom. The number of esters is 1. The molecule has 2 rings (SSSR count). The van der Waals surface area contributed by atoms with Gasteiger partial charge in [0.2, 0.25) is 10.0 Å². The third-order valence-corrected chi connectivity index (χ3v) is 12.3. The molecule has 0 fully saturated rings. The van der Waals surface area contributed by atoms with E-state index in [1.54, 1.807) is 24.3 Å². The molecule has 0 aliphatic rings. The molecule has 0 bridgehead atoms. The summed E-state index contributed by atoms with van der Waals surface area (Å²) in [4.78, 5) is 12.3. The average Bonchev–Trinajstić information content (AvgIpc) is 2.89. The highest BCUT2D eigenvalue weighted by Crippen LogP contribution is 2.27. The van der Waals surface area contributed by atoms with Gasteiger partial charge in [-0.05, 0) is 47.5 Å². The Bertz CT molecular complexity index is 1190. The molecule has 0 saturated heterocycles. The second kappa shape index (κ2) is 17.1. The number of carbonyl (C=O) groups excluding carboxylic acids is 1. The molecule has 0 aliphatic heterocycles. The van der Waals surface area contributed by atoms with Gasteiger partial charge in [0.05, 0.1) is 19.3 Å². The Kier molecular flexibility index (Phi) is 14.9. The Morgan fingerprint density at radius 2 is 1.48 bits per heavy atom. The van der Waals surface area contributed by atoms with Crippen LogP contribution in [0.3, 0.4) is 0 Å². The number of benzene rings is 2. The van der Waals surface area contributed by atoms with Crippen molar-refractivity contribution in [3.63, 3.8) is 0 Å². The van der Waals surface area contributed by atoms with Crippen molar-refractivity contribution in [2.45, 2.75) is 70.3 Å². The van der Waals surface area contributed by atoms with Crippen molar-refractivity contribution in [1.82, 2.24) is 4.31 Å². The van der Waals surface area contributed by atoms with Gasteiger partial charge in [0.15, 0.2) is 0 Å². The number of nitrogens with zero attached hydrogens (tertiary/aromatic N) is 1. The normalized spacial score (nSPS) is 13.3. The van der Waals surface area contributed by atoms with Crippen molar-refractivity contribution in [2.24, 2.45) is 0 Å². The quantitative estimate of drug-likeness (QED) is 0.0679. The maximum atomic E-state index is 13.7. The number of ether oxygens (including phenoxy) is 4. The molecule has 42 heavy (non-hydrogen) atoms. The van der Waals surface area contributed by atoms with Gasteiger partial charge in [0.25, 0.3) is 0 Å². The van der Waals surface area contributed by atoms with Crippen LogP contribution in [-0.2, 0) is 35.6 Å². The summed E-state index contributed by atoms with van der Waals surface area (Å²) in [6.07, 6.45) is -0.0746. The molecular formula is C30H48BrNO7SSi2. The highest BCUT2D eigenvalue weighted by atomic mass is 79.9. The number of carbonyl (C=O) groups is 1. The first kappa shape index (κ1) is 36.6. The molecule has 0 amide bonds. The average molecular weight is 703 g/mol. The summed E-state index contributed by atoms with van der Waals surface area (Å²) in [5.74, 6) is -0.732. The maximum absolute atomic E-state index is 13.7. The van der Waals surface area contributed by atoms with Crippen molar-refractivity contribution in [2.75, 3.05) is 39.5 Å². The first-order valence-corrected chi connectivity index (χ1v) is 24.1. The molecule has 0 spiro atoms. The first-order chi connectivity index (χ1) is 19.6. The molecule has 12 heteroatoms. The fourth-order valence-corrected chi connectivity index (χ4v) is 7.29. The van der Waals surface area contributed by atoms with Crippen LogP contribution < -0.4 is 4.74 Å². The molecule has 0 heterocycles. The van der Waals surface area contributed by atoms with Gasteiger partial charge in [-0.15, -0.1) is 0 Å². The molecule has 1 unspecified atom stereocenters. The van der Waals surface area contributed by atoms with Crippen LogP contribution in [0.1, 0.15) is 23.5 Å². The lowest BCUT2D eigenvalue weighted by molar-refractivity contribution is -0.140. The van der Waals surface area contributed by atoms with Crippen LogP contribution >= 0.6 is 15.9 Å². The molecule has 2 aromatic rings. The van der Waals surface area contributed by atoms with Gasteiger partial charge < -0.3 is 18.9 Å². The Labute approximate surface area is 263 Å². The van der Waals surface area contributed by atoms with Crippen LogP contribution in [-0.4, -0.2) is 74.4 Å². The number of methoxy groups -OCH3 is 1. The molecule has 0 aliphatic carbocycles. The Balaban J connectivity index is 2.17. The SMILES string of the molecule is COC(=O)CC(CS(=O)(=O)N(COCC[Si](C)(C)C)COCC[Si](C)(C)C)c1ccc(OCc2cccc(Br)c2)cc1. The molecule has 0 N–H and O–H groups in total. The van der Waals surface area contributed by atoms with E-state index in [0.29, 0.717) is 31.1 Å². The van der Waals surface area contributed by atoms with Crippen LogP contribution in [0.2, 0.25) is 51.4 Å². The number of rotatable bonds is 19. The van der Waals surface area contributed by atoms with Crippen molar-refractivity contribution < 1.29 is 32.2 Å². The standard InChI is InChI=1S/C30H48BrNO7SSi2/c1-36-30(33)20-27(26-11-13-29(14-12-26)39-21-25-9-8-10-28(31)19-25)22-40(34,35)32(23-37-15-17-41(2,3)4)24-38-16-18-42(5,6)7/h8-14,19,27H,15-18,20-24H2,1-7H3. The lowest BCUT2D eigenvalue weighted by atomic mass is 9.97. The second-order valence-corrected chi connectivity index (χ2v) is 27.1. The summed E-state index contributed by atoms with van der Waals surface area (Å²) < 4.78 is 52.2. The highest BCUT2D eigenvalue weighted by Gasteiger charge is 2.30. The zero-order valence-corrected chi connectivity index (χ0v) is 30.6. The van der Waals surface area contributed by atoms with Crippen LogP contribution in [0, 0.1) is 0 Å². The predicted molar refractivity (Wildman–Crippen MR) is 178 cm³/mol. The third kappa shape index (κ3) is 14.8. The summed E-state index contributed by atoms with van der Waals surface area (Å²) in [5.41, 5.74) is 1.72. The van der Waals surface area contributed by atoms with Gasteiger partial charge in [-0.1, -0.05) is 79.5 Å². The van der Waals surface area contributed by atoms with Crippen LogP contribution in [0.5, 0.6) is 5.75 Å². The fourth-order valence-electron chi connectivity index (χ4n) is 3.83. The highest BCUT2D eigenvalue weighted by molar-refractivity contribution is 9.10. The van der Waals surface area contributed by atoms with E-state index >= 15 is 0 Å². The third-order valence-electron chi connectivity index (χ3n) is 6.56. The minimum atomic E-state index is -3.85. The van der Waals surface area contributed by atoms with E-state index in [2.05, 4.69) is 55.2 Å². The molecular weight excluding hydrogens is 654 g/mol. The molecule has 236 valence electrons. The topological polar surface area (TPSA) is 91.4 Å². The van der Waals surface area contributed by atoms with E-state index < -0.39 is 38.1 Å². The summed E-state index contributed by atoms with van der Waals surface area (Å²) in [5, 5.41) is 0. The maximum Gasteiger partial charge on any atom is 0.306 e. The smallest absolute Gasteiger partial charge is 0.306 e. The first-order valence-electron chi connectivity index (χ1n) is 14.3. The Hall–Kier alpha value is -1.55. The van der Waals surface area contributed by atoms with E-state index in [9.17, 15) is 13.2 Å². The second-order valence-electron chi connectivity index (χ2n) is 12.9. The minimum Gasteiger partial charge on any atom is -0.489 e. The van der Waals surface area contributed by atoms with E-state index in [4.69, 9.17) is 18.9 Å². The van der Waals surface area contributed by atoms with E-state index in [-0.39, 0.29) is 25.6 Å². The van der Waals surface area contributed by atoms with E-state index in [0.717, 1.165) is 22.1 Å². The van der Waals surface area contributed by atoms with Crippen molar-refractivity contribution in [3.8, 4) is 5.75 Å². The summed E-state index contributed by atoms with van der Waals surface area (Å²) in [6, 6.07) is 16.9. The zero-order chi connectivity index (χ0) is 31.4. The van der Waals surface area contributed by atoms with Crippen molar-refractivity contribution in [3.05, 3.63) is 64.1 Å². The minimum absolute atomic E-state index is 0.0746. The predicted octanol–water partition coefficient (Wildman–Crippen LogP) is 6.93. The molecule has 0 aromatic heterocycles. The summed E-state index contributed by atoms with van der Waals surface area (Å²) in [7, 11) is -5.22. The van der Waals surface area contributed by atoms with Crippen LogP contribution in [0.25, 0.3) is 0 Å². The summed E-state index contributed by atoms with van der Waals surface area (Å²) >= 11 is 3.47. The molecule has 2 aromatic carbocycles. The largest absolute Gasteiger partial charge is 0.489 e. The van der Waals surface area contributed by atoms with Gasteiger partial charge >= 0.3 is 5.97 Å². The molecule has 0 saturated carbocycles. The fraction of sp³-hybridized carbons (Fsp3) is 0.567. The van der Waals surface area contributed by atoms with Crippen LogP contribution in [0.15, 0.2) is 53.0 Å². The number of sulfonamides is 1. The molecule has 1 atom stereocenters. The lowest BCUT2D eigenvalue weighted by Gasteiger charge is -2.26. The van der Waals surface area contributed by atoms with Gasteiger partial charge in [-0.3, -0.25) is 4.79 Å². The van der Waals surface area contributed by atoms with Gasteiger partial charge in [-0.2, -0.15) is 4.31 Å². The van der Waals surface area contributed by atoms with E-state index in [1.807, 2.05) is 24.3 Å². The number of halogens is 1. The van der Waals surface area contributed by atoms with Gasteiger partial charge in [0.1, 0.15) is 25.8 Å². The van der Waals surface area contributed by atoms with Crippen molar-refractivity contribution in [1.29, 1.82) is 0 Å². The van der Waals surface area contributed by atoms with E-state index in [1.165, 1.54) is 11.4 Å². The molecule has 0 radical (unpaired) electrons.